The zero-order valence-corrected chi connectivity index (χ0v) is 17.2. The quantitative estimate of drug-likeness (QED) is 0.788. The summed E-state index contributed by atoms with van der Waals surface area (Å²) in [7, 11) is 0. The Bertz CT molecular complexity index is 823. The SMILES string of the molecule is CC(=O)O[C@@H]1c2c(C)coc2C(=O)[C@@]2(O)[C@@H](OC(=O)C(C)C)CC[C@@H](C)[C@@]12C. The summed E-state index contributed by atoms with van der Waals surface area (Å²) >= 11 is 0. The van der Waals surface area contributed by atoms with Gasteiger partial charge in [-0.05, 0) is 31.2 Å². The lowest BCUT2D eigenvalue weighted by Gasteiger charge is -2.58. The van der Waals surface area contributed by atoms with Crippen LogP contribution in [0.15, 0.2) is 10.7 Å². The lowest BCUT2D eigenvalue weighted by atomic mass is 9.50. The molecule has 0 radical (unpaired) electrons. The fourth-order valence-corrected chi connectivity index (χ4v) is 4.68. The topological polar surface area (TPSA) is 103 Å². The van der Waals surface area contributed by atoms with Crippen molar-refractivity contribution in [2.45, 2.75) is 72.2 Å². The molecule has 5 atom stereocenters. The highest BCUT2D eigenvalue weighted by atomic mass is 16.6. The van der Waals surface area contributed by atoms with Crippen LogP contribution in [0.2, 0.25) is 0 Å². The Labute approximate surface area is 164 Å². The predicted molar refractivity (Wildman–Crippen MR) is 98.5 cm³/mol. The van der Waals surface area contributed by atoms with E-state index in [0.29, 0.717) is 24.0 Å². The first-order valence-corrected chi connectivity index (χ1v) is 9.69. The second kappa shape index (κ2) is 6.72. The van der Waals surface area contributed by atoms with Crippen LogP contribution in [0.25, 0.3) is 0 Å². The van der Waals surface area contributed by atoms with Gasteiger partial charge in [-0.3, -0.25) is 14.4 Å². The Morgan fingerprint density at radius 2 is 1.93 bits per heavy atom. The smallest absolute Gasteiger partial charge is 0.308 e. The van der Waals surface area contributed by atoms with Crippen LogP contribution in [0.4, 0.5) is 0 Å². The Morgan fingerprint density at radius 3 is 2.50 bits per heavy atom. The first-order chi connectivity index (χ1) is 13.0. The van der Waals surface area contributed by atoms with Crippen molar-refractivity contribution in [3.63, 3.8) is 0 Å². The summed E-state index contributed by atoms with van der Waals surface area (Å²) < 4.78 is 16.7. The second-order valence-electron chi connectivity index (χ2n) is 8.59. The van der Waals surface area contributed by atoms with E-state index >= 15 is 0 Å². The van der Waals surface area contributed by atoms with E-state index in [9.17, 15) is 19.5 Å². The van der Waals surface area contributed by atoms with E-state index in [4.69, 9.17) is 13.9 Å². The van der Waals surface area contributed by atoms with Gasteiger partial charge in [0.25, 0.3) is 0 Å². The van der Waals surface area contributed by atoms with Crippen molar-refractivity contribution in [3.05, 3.63) is 23.2 Å². The number of furan rings is 1. The van der Waals surface area contributed by atoms with Gasteiger partial charge >= 0.3 is 11.9 Å². The number of fused-ring (bicyclic) bond motifs is 2. The molecule has 0 unspecified atom stereocenters. The molecule has 0 amide bonds. The van der Waals surface area contributed by atoms with Crippen LogP contribution in [-0.4, -0.2) is 34.5 Å². The zero-order chi connectivity index (χ0) is 21.0. The van der Waals surface area contributed by atoms with Gasteiger partial charge in [-0.2, -0.15) is 0 Å². The number of ether oxygens (including phenoxy) is 2. The Morgan fingerprint density at radius 1 is 1.29 bits per heavy atom. The molecule has 1 fully saturated rings. The van der Waals surface area contributed by atoms with E-state index in [-0.39, 0.29) is 11.7 Å². The van der Waals surface area contributed by atoms with Crippen molar-refractivity contribution in [2.75, 3.05) is 0 Å². The molecule has 2 aliphatic rings. The fourth-order valence-electron chi connectivity index (χ4n) is 4.68. The molecule has 1 heterocycles. The van der Waals surface area contributed by atoms with E-state index in [1.807, 2.05) is 6.92 Å². The first-order valence-electron chi connectivity index (χ1n) is 9.69. The molecule has 1 aromatic rings. The molecule has 1 N–H and O–H groups in total. The Balaban J connectivity index is 2.21. The standard InChI is InChI=1S/C21H28O7/c1-10(2)19(24)28-14-8-7-12(4)20(6)18(27-13(5)22)15-11(3)9-26-16(15)17(23)21(14,20)25/h9-10,12,14,18,25H,7-8H2,1-6H3/t12-,14+,18-,20+,21+/m1/s1. The molecule has 1 aromatic heterocycles. The van der Waals surface area contributed by atoms with Crippen LogP contribution in [0.3, 0.4) is 0 Å². The summed E-state index contributed by atoms with van der Waals surface area (Å²) in [5.74, 6) is -2.27. The van der Waals surface area contributed by atoms with Crippen molar-refractivity contribution < 1.29 is 33.4 Å². The third-order valence-corrected chi connectivity index (χ3v) is 6.57. The largest absolute Gasteiger partial charge is 0.460 e. The van der Waals surface area contributed by atoms with Gasteiger partial charge in [0.2, 0.25) is 5.78 Å². The van der Waals surface area contributed by atoms with Gasteiger partial charge in [0.1, 0.15) is 12.2 Å². The molecule has 154 valence electrons. The van der Waals surface area contributed by atoms with E-state index in [0.717, 1.165) is 0 Å². The summed E-state index contributed by atoms with van der Waals surface area (Å²) in [6, 6.07) is 0. The van der Waals surface area contributed by atoms with E-state index in [1.165, 1.54) is 13.2 Å². The molecule has 0 saturated heterocycles. The fraction of sp³-hybridized carbons (Fsp3) is 0.667. The number of rotatable bonds is 3. The summed E-state index contributed by atoms with van der Waals surface area (Å²) in [6.45, 7) is 10.1. The van der Waals surface area contributed by atoms with E-state index in [2.05, 4.69) is 0 Å². The van der Waals surface area contributed by atoms with Crippen LogP contribution < -0.4 is 0 Å². The highest BCUT2D eigenvalue weighted by Gasteiger charge is 2.71. The normalized spacial score (nSPS) is 34.6. The summed E-state index contributed by atoms with van der Waals surface area (Å²) in [6.07, 6.45) is 0.415. The van der Waals surface area contributed by atoms with Crippen LogP contribution >= 0.6 is 0 Å². The van der Waals surface area contributed by atoms with Crippen molar-refractivity contribution >= 4 is 17.7 Å². The molecule has 0 bridgehead atoms. The average molecular weight is 392 g/mol. The maximum absolute atomic E-state index is 13.5. The second-order valence-corrected chi connectivity index (χ2v) is 8.59. The minimum atomic E-state index is -2.06. The number of esters is 2. The maximum atomic E-state index is 13.5. The van der Waals surface area contributed by atoms with Gasteiger partial charge in [0.05, 0.1) is 17.6 Å². The summed E-state index contributed by atoms with van der Waals surface area (Å²) in [5, 5.41) is 11.8. The Kier molecular flexibility index (Phi) is 4.94. The first kappa shape index (κ1) is 20.6. The third kappa shape index (κ3) is 2.63. The van der Waals surface area contributed by atoms with E-state index < -0.39 is 46.9 Å². The highest BCUT2D eigenvalue weighted by Crippen LogP contribution is 2.61. The Hall–Kier alpha value is -2.15. The molecule has 7 nitrogen and oxygen atoms in total. The monoisotopic (exact) mass is 392 g/mol. The molecule has 0 aromatic carbocycles. The van der Waals surface area contributed by atoms with Crippen LogP contribution in [0.5, 0.6) is 0 Å². The maximum Gasteiger partial charge on any atom is 0.308 e. The minimum absolute atomic E-state index is 0.0385. The number of aliphatic hydroxyl groups is 1. The van der Waals surface area contributed by atoms with Crippen molar-refractivity contribution in [3.8, 4) is 0 Å². The molecule has 28 heavy (non-hydrogen) atoms. The van der Waals surface area contributed by atoms with Gasteiger partial charge in [-0.25, -0.2) is 0 Å². The lowest BCUT2D eigenvalue weighted by molar-refractivity contribution is -0.231. The zero-order valence-electron chi connectivity index (χ0n) is 17.2. The summed E-state index contributed by atoms with van der Waals surface area (Å²) in [4.78, 5) is 37.6. The van der Waals surface area contributed by atoms with E-state index in [1.54, 1.807) is 27.7 Å². The molecule has 2 aliphatic carbocycles. The third-order valence-electron chi connectivity index (χ3n) is 6.57. The molecule has 0 aliphatic heterocycles. The number of Topliss-reactive ketones (excluding diaryl/α,β-unsaturated/α-hetero) is 1. The summed E-state index contributed by atoms with van der Waals surface area (Å²) in [5.41, 5.74) is -2.09. The van der Waals surface area contributed by atoms with Gasteiger partial charge in [-0.1, -0.05) is 27.7 Å². The van der Waals surface area contributed by atoms with Gasteiger partial charge in [0.15, 0.2) is 11.4 Å². The van der Waals surface area contributed by atoms with Crippen LogP contribution in [0, 0.1) is 24.2 Å². The van der Waals surface area contributed by atoms with Gasteiger partial charge in [0, 0.05) is 12.5 Å². The minimum Gasteiger partial charge on any atom is -0.460 e. The molecular weight excluding hydrogens is 364 g/mol. The number of carbonyl (C=O) groups excluding carboxylic acids is 3. The molecule has 7 heteroatoms. The highest BCUT2D eigenvalue weighted by molar-refractivity contribution is 6.04. The molecule has 3 rings (SSSR count). The van der Waals surface area contributed by atoms with Crippen molar-refractivity contribution in [2.24, 2.45) is 17.3 Å². The predicted octanol–water partition coefficient (Wildman–Crippen LogP) is 3.12. The van der Waals surface area contributed by atoms with Crippen LogP contribution in [-0.2, 0) is 19.1 Å². The van der Waals surface area contributed by atoms with Gasteiger partial charge < -0.3 is 19.0 Å². The number of ketones is 1. The molecule has 0 spiro atoms. The number of hydrogen-bond acceptors (Lipinski definition) is 7. The molecule has 1 saturated carbocycles. The number of carbonyl (C=O) groups is 3. The van der Waals surface area contributed by atoms with Gasteiger partial charge in [-0.15, -0.1) is 0 Å². The van der Waals surface area contributed by atoms with Crippen molar-refractivity contribution in [1.29, 1.82) is 0 Å². The average Bonchev–Trinajstić information content (AvgIpc) is 2.99. The van der Waals surface area contributed by atoms with Crippen LogP contribution in [0.1, 0.15) is 75.2 Å². The number of aryl methyl sites for hydroxylation is 1. The van der Waals surface area contributed by atoms with Crippen molar-refractivity contribution in [1.82, 2.24) is 0 Å². The number of hydrogen-bond donors (Lipinski definition) is 1. The molecular formula is C21H28O7. The lowest BCUT2D eigenvalue weighted by Crippen LogP contribution is -2.70.